The maximum Gasteiger partial charge on any atom is 0.233 e. The molecule has 126 valence electrons. The largest absolute Gasteiger partial charge is 0.424 e. The van der Waals surface area contributed by atoms with Gasteiger partial charge in [-0.3, -0.25) is 4.90 Å². The molecule has 1 fully saturated rings. The Bertz CT molecular complexity index is 659. The van der Waals surface area contributed by atoms with Gasteiger partial charge in [-0.05, 0) is 24.0 Å². The van der Waals surface area contributed by atoms with Gasteiger partial charge in [0.1, 0.15) is 0 Å². The van der Waals surface area contributed by atoms with Gasteiger partial charge in [-0.2, -0.15) is 0 Å². The van der Waals surface area contributed by atoms with Crippen molar-refractivity contribution in [3.05, 3.63) is 33.7 Å². The number of hydrogen-bond acceptors (Lipinski definition) is 6. The standard InChI is InChI=1S/C17H25N3O2S/c1-11-18-19-16(22-11)14-8-12(21-5)9-20(14)10-13-6-7-15(23-13)17(2,3)4/h6-7,12,14H,8-10H2,1-5H3/t12-,14+/m0/s1. The molecule has 0 N–H and O–H groups in total. The summed E-state index contributed by atoms with van der Waals surface area (Å²) in [7, 11) is 1.77. The molecule has 0 bridgehead atoms. The highest BCUT2D eigenvalue weighted by Gasteiger charge is 2.36. The molecule has 2 aromatic heterocycles. The van der Waals surface area contributed by atoms with Crippen LogP contribution in [0.1, 0.15) is 54.8 Å². The fraction of sp³-hybridized carbons (Fsp3) is 0.647. The van der Waals surface area contributed by atoms with E-state index in [4.69, 9.17) is 9.15 Å². The minimum Gasteiger partial charge on any atom is -0.424 e. The Morgan fingerprint density at radius 3 is 2.70 bits per heavy atom. The summed E-state index contributed by atoms with van der Waals surface area (Å²) in [5.74, 6) is 1.32. The van der Waals surface area contributed by atoms with E-state index in [1.165, 1.54) is 9.75 Å². The number of likely N-dealkylation sites (tertiary alicyclic amines) is 1. The SMILES string of the molecule is CO[C@H]1C[C@H](c2nnc(C)o2)N(Cc2ccc(C(C)(C)C)s2)C1. The van der Waals surface area contributed by atoms with Crippen LogP contribution in [0.15, 0.2) is 16.5 Å². The van der Waals surface area contributed by atoms with Gasteiger partial charge in [-0.15, -0.1) is 21.5 Å². The maximum absolute atomic E-state index is 5.67. The van der Waals surface area contributed by atoms with Crippen LogP contribution in [0.2, 0.25) is 0 Å². The lowest BCUT2D eigenvalue weighted by molar-refractivity contribution is 0.107. The zero-order chi connectivity index (χ0) is 16.6. The van der Waals surface area contributed by atoms with Crippen LogP contribution in [0, 0.1) is 6.92 Å². The summed E-state index contributed by atoms with van der Waals surface area (Å²) in [4.78, 5) is 5.17. The van der Waals surface area contributed by atoms with Crippen LogP contribution >= 0.6 is 11.3 Å². The summed E-state index contributed by atoms with van der Waals surface area (Å²) in [5, 5.41) is 8.20. The van der Waals surface area contributed by atoms with E-state index in [2.05, 4.69) is 48.0 Å². The Kier molecular flexibility index (Phi) is 4.58. The molecule has 0 spiro atoms. The van der Waals surface area contributed by atoms with E-state index in [0.717, 1.165) is 19.5 Å². The Labute approximate surface area is 141 Å². The van der Waals surface area contributed by atoms with E-state index in [1.807, 2.05) is 18.3 Å². The van der Waals surface area contributed by atoms with Gasteiger partial charge < -0.3 is 9.15 Å². The van der Waals surface area contributed by atoms with Crippen LogP contribution in [-0.2, 0) is 16.7 Å². The number of nitrogens with zero attached hydrogens (tertiary/aromatic N) is 3. The molecular weight excluding hydrogens is 310 g/mol. The van der Waals surface area contributed by atoms with Gasteiger partial charge in [0.25, 0.3) is 0 Å². The van der Waals surface area contributed by atoms with Gasteiger partial charge in [-0.1, -0.05) is 20.8 Å². The molecule has 1 aliphatic rings. The molecule has 5 nitrogen and oxygen atoms in total. The molecule has 1 saturated heterocycles. The first kappa shape index (κ1) is 16.6. The van der Waals surface area contributed by atoms with Crippen molar-refractivity contribution < 1.29 is 9.15 Å². The molecule has 0 aromatic carbocycles. The number of hydrogen-bond donors (Lipinski definition) is 0. The van der Waals surface area contributed by atoms with E-state index in [9.17, 15) is 0 Å². The predicted molar refractivity (Wildman–Crippen MR) is 90.6 cm³/mol. The summed E-state index contributed by atoms with van der Waals surface area (Å²) in [6.07, 6.45) is 1.12. The van der Waals surface area contributed by atoms with Crippen LogP contribution in [0.25, 0.3) is 0 Å². The number of aromatic nitrogens is 2. The van der Waals surface area contributed by atoms with Crippen molar-refractivity contribution in [1.29, 1.82) is 0 Å². The number of methoxy groups -OCH3 is 1. The number of thiophene rings is 1. The molecule has 3 rings (SSSR count). The van der Waals surface area contributed by atoms with Crippen molar-refractivity contribution in [3.8, 4) is 0 Å². The molecular formula is C17H25N3O2S. The van der Waals surface area contributed by atoms with Crippen molar-refractivity contribution in [2.24, 2.45) is 0 Å². The summed E-state index contributed by atoms with van der Waals surface area (Å²) in [6, 6.07) is 4.62. The van der Waals surface area contributed by atoms with Gasteiger partial charge in [-0.25, -0.2) is 0 Å². The molecule has 0 aliphatic carbocycles. The highest BCUT2D eigenvalue weighted by Crippen LogP contribution is 2.36. The van der Waals surface area contributed by atoms with E-state index in [-0.39, 0.29) is 17.6 Å². The monoisotopic (exact) mass is 335 g/mol. The Hall–Kier alpha value is -1.24. The van der Waals surface area contributed by atoms with E-state index < -0.39 is 0 Å². The molecule has 6 heteroatoms. The molecule has 3 heterocycles. The van der Waals surface area contributed by atoms with Gasteiger partial charge in [0.2, 0.25) is 11.8 Å². The van der Waals surface area contributed by atoms with Crippen molar-refractivity contribution in [3.63, 3.8) is 0 Å². The van der Waals surface area contributed by atoms with Crippen LogP contribution in [-0.4, -0.2) is 34.9 Å². The van der Waals surface area contributed by atoms with E-state index in [1.54, 1.807) is 7.11 Å². The highest BCUT2D eigenvalue weighted by atomic mass is 32.1. The molecule has 1 aliphatic heterocycles. The number of rotatable bonds is 4. The fourth-order valence-electron chi connectivity index (χ4n) is 2.98. The lowest BCUT2D eigenvalue weighted by Gasteiger charge is -2.20. The molecule has 0 amide bonds. The quantitative estimate of drug-likeness (QED) is 0.853. The maximum atomic E-state index is 5.67. The van der Waals surface area contributed by atoms with Crippen molar-refractivity contribution in [2.45, 2.75) is 58.2 Å². The number of aryl methyl sites for hydroxylation is 1. The van der Waals surface area contributed by atoms with Crippen LogP contribution in [0.5, 0.6) is 0 Å². The smallest absolute Gasteiger partial charge is 0.233 e. The van der Waals surface area contributed by atoms with E-state index >= 15 is 0 Å². The minimum absolute atomic E-state index is 0.140. The average Bonchev–Trinajstić information content (AvgIpc) is 3.17. The lowest BCUT2D eigenvalue weighted by atomic mass is 9.95. The first-order valence-electron chi connectivity index (χ1n) is 8.03. The van der Waals surface area contributed by atoms with Crippen molar-refractivity contribution in [1.82, 2.24) is 15.1 Å². The Balaban J connectivity index is 1.77. The Morgan fingerprint density at radius 1 is 1.35 bits per heavy atom. The predicted octanol–water partition coefficient (Wildman–Crippen LogP) is 3.70. The summed E-state index contributed by atoms with van der Waals surface area (Å²) < 4.78 is 11.2. The average molecular weight is 335 g/mol. The second-order valence-electron chi connectivity index (χ2n) is 7.21. The van der Waals surface area contributed by atoms with Crippen LogP contribution in [0.3, 0.4) is 0 Å². The molecule has 2 atom stereocenters. The van der Waals surface area contributed by atoms with Gasteiger partial charge in [0, 0.05) is 36.9 Å². The second-order valence-corrected chi connectivity index (χ2v) is 8.38. The van der Waals surface area contributed by atoms with Crippen LogP contribution < -0.4 is 0 Å². The van der Waals surface area contributed by atoms with Crippen molar-refractivity contribution in [2.75, 3.05) is 13.7 Å². The third-order valence-corrected chi connectivity index (χ3v) is 5.78. The minimum atomic E-state index is 0.140. The van der Waals surface area contributed by atoms with Gasteiger partial charge in [0.05, 0.1) is 12.1 Å². The zero-order valence-electron chi connectivity index (χ0n) is 14.5. The third kappa shape index (κ3) is 3.65. The first-order valence-corrected chi connectivity index (χ1v) is 8.84. The number of ether oxygens (including phenoxy) is 1. The van der Waals surface area contributed by atoms with E-state index in [0.29, 0.717) is 11.8 Å². The van der Waals surface area contributed by atoms with Gasteiger partial charge in [0.15, 0.2) is 0 Å². The summed E-state index contributed by atoms with van der Waals surface area (Å²) in [6.45, 7) is 10.4. The normalized spacial score (nSPS) is 22.8. The molecule has 2 aromatic rings. The molecule has 0 radical (unpaired) electrons. The van der Waals surface area contributed by atoms with Crippen LogP contribution in [0.4, 0.5) is 0 Å². The first-order chi connectivity index (χ1) is 10.9. The zero-order valence-corrected chi connectivity index (χ0v) is 15.3. The topological polar surface area (TPSA) is 51.4 Å². The lowest BCUT2D eigenvalue weighted by Crippen LogP contribution is -2.24. The Morgan fingerprint density at radius 2 is 2.13 bits per heavy atom. The molecule has 0 saturated carbocycles. The second kappa shape index (κ2) is 6.34. The molecule has 0 unspecified atom stereocenters. The third-order valence-electron chi connectivity index (χ3n) is 4.28. The van der Waals surface area contributed by atoms with Gasteiger partial charge >= 0.3 is 0 Å². The van der Waals surface area contributed by atoms with Crippen molar-refractivity contribution >= 4 is 11.3 Å². The highest BCUT2D eigenvalue weighted by molar-refractivity contribution is 7.12. The summed E-state index contributed by atoms with van der Waals surface area (Å²) in [5.41, 5.74) is 0.200. The molecule has 23 heavy (non-hydrogen) atoms. The fourth-order valence-corrected chi connectivity index (χ4v) is 4.07. The summed E-state index contributed by atoms with van der Waals surface area (Å²) >= 11 is 1.89.